The number of fused-ring (bicyclic) bond motifs is 1. The smallest absolute Gasteiger partial charge is 0.293 e. The van der Waals surface area contributed by atoms with Crippen LogP contribution in [0.4, 0.5) is 10.1 Å². The van der Waals surface area contributed by atoms with Crippen LogP contribution in [0.15, 0.2) is 30.5 Å². The van der Waals surface area contributed by atoms with E-state index in [1.165, 1.54) is 12.1 Å². The Morgan fingerprint density at radius 1 is 1.18 bits per heavy atom. The number of carbonyl (C=O) groups excluding carboxylic acids is 3. The van der Waals surface area contributed by atoms with Gasteiger partial charge in [-0.2, -0.15) is 5.10 Å². The van der Waals surface area contributed by atoms with Crippen LogP contribution in [0.2, 0.25) is 0 Å². The van der Waals surface area contributed by atoms with Crippen molar-refractivity contribution in [2.45, 2.75) is 51.6 Å². The lowest BCUT2D eigenvalue weighted by molar-refractivity contribution is -0.118. The highest BCUT2D eigenvalue weighted by Crippen LogP contribution is 2.44. The standard InChI is InChI=1S/C24H24FN5O3/c1-13-5-6-16(15(25)12-13)27-22(32)20-14(2)19(17-4-3-11-30(17)20)21(31)23(33)28-24(8-9-24)18-7-10-26-29-18/h5-7,10,12H,3-4,8-9,11H2,1-2H3,(H,26,29)(H,27,32)(H,28,33). The van der Waals surface area contributed by atoms with Gasteiger partial charge in [-0.3, -0.25) is 19.5 Å². The van der Waals surface area contributed by atoms with Crippen LogP contribution in [0.3, 0.4) is 0 Å². The fraction of sp³-hybridized carbons (Fsp3) is 0.333. The van der Waals surface area contributed by atoms with Crippen LogP contribution in [-0.2, 0) is 23.3 Å². The van der Waals surface area contributed by atoms with Crippen LogP contribution in [-0.4, -0.2) is 32.4 Å². The largest absolute Gasteiger partial charge is 0.340 e. The van der Waals surface area contributed by atoms with Gasteiger partial charge in [0.05, 0.1) is 22.5 Å². The average molecular weight is 449 g/mol. The molecule has 9 heteroatoms. The van der Waals surface area contributed by atoms with Gasteiger partial charge in [0.15, 0.2) is 0 Å². The summed E-state index contributed by atoms with van der Waals surface area (Å²) in [6, 6.07) is 6.35. The topological polar surface area (TPSA) is 109 Å². The zero-order valence-electron chi connectivity index (χ0n) is 18.4. The summed E-state index contributed by atoms with van der Waals surface area (Å²) in [5.41, 5.74) is 2.64. The Labute approximate surface area is 189 Å². The van der Waals surface area contributed by atoms with Gasteiger partial charge < -0.3 is 15.2 Å². The summed E-state index contributed by atoms with van der Waals surface area (Å²) in [6.07, 6.45) is 4.39. The molecule has 0 saturated heterocycles. The number of aromatic nitrogens is 3. The second-order valence-electron chi connectivity index (χ2n) is 8.82. The van der Waals surface area contributed by atoms with Gasteiger partial charge in [-0.25, -0.2) is 4.39 Å². The molecule has 3 aromatic rings. The minimum atomic E-state index is -0.706. The summed E-state index contributed by atoms with van der Waals surface area (Å²) in [7, 11) is 0. The first kappa shape index (κ1) is 21.1. The third-order valence-corrected chi connectivity index (χ3v) is 6.55. The molecule has 1 aliphatic carbocycles. The summed E-state index contributed by atoms with van der Waals surface area (Å²) < 4.78 is 16.1. The number of hydrogen-bond donors (Lipinski definition) is 3. The van der Waals surface area contributed by atoms with Crippen LogP contribution in [0.25, 0.3) is 0 Å². The number of amides is 2. The van der Waals surface area contributed by atoms with E-state index in [-0.39, 0.29) is 16.9 Å². The molecule has 0 spiro atoms. The van der Waals surface area contributed by atoms with E-state index in [2.05, 4.69) is 20.8 Å². The monoisotopic (exact) mass is 449 g/mol. The van der Waals surface area contributed by atoms with E-state index in [1.54, 1.807) is 36.7 Å². The van der Waals surface area contributed by atoms with Crippen LogP contribution in [0.1, 0.15) is 62.6 Å². The van der Waals surface area contributed by atoms with E-state index in [9.17, 15) is 18.8 Å². The number of nitrogens with one attached hydrogen (secondary N) is 3. The molecule has 1 saturated carbocycles. The minimum absolute atomic E-state index is 0.0689. The fourth-order valence-electron chi connectivity index (χ4n) is 4.71. The molecule has 1 fully saturated rings. The second-order valence-corrected chi connectivity index (χ2v) is 8.82. The quantitative estimate of drug-likeness (QED) is 0.397. The summed E-state index contributed by atoms with van der Waals surface area (Å²) >= 11 is 0. The van der Waals surface area contributed by atoms with Gasteiger partial charge in [-0.15, -0.1) is 0 Å². The number of aryl methyl sites for hydroxylation is 1. The van der Waals surface area contributed by atoms with Crippen molar-refractivity contribution in [2.75, 3.05) is 5.32 Å². The van der Waals surface area contributed by atoms with Crippen molar-refractivity contribution in [3.05, 3.63) is 70.1 Å². The molecule has 1 aliphatic heterocycles. The zero-order valence-corrected chi connectivity index (χ0v) is 18.4. The van der Waals surface area contributed by atoms with Gasteiger partial charge >= 0.3 is 0 Å². The van der Waals surface area contributed by atoms with Crippen LogP contribution in [0, 0.1) is 19.7 Å². The number of nitrogens with zero attached hydrogens (tertiary/aromatic N) is 2. The summed E-state index contributed by atoms with van der Waals surface area (Å²) in [5.74, 6) is -2.40. The molecule has 0 radical (unpaired) electrons. The van der Waals surface area contributed by atoms with Crippen molar-refractivity contribution in [1.82, 2.24) is 20.1 Å². The first-order valence-corrected chi connectivity index (χ1v) is 11.0. The molecule has 3 N–H and O–H groups in total. The molecule has 2 aliphatic rings. The van der Waals surface area contributed by atoms with Gasteiger partial charge in [0.25, 0.3) is 17.6 Å². The van der Waals surface area contributed by atoms with Gasteiger partial charge in [0, 0.05) is 18.4 Å². The number of anilines is 1. The molecule has 33 heavy (non-hydrogen) atoms. The summed E-state index contributed by atoms with van der Waals surface area (Å²) in [4.78, 5) is 39.3. The van der Waals surface area contributed by atoms with Gasteiger partial charge in [0.1, 0.15) is 11.5 Å². The summed E-state index contributed by atoms with van der Waals surface area (Å²) in [6.45, 7) is 3.98. The van der Waals surface area contributed by atoms with Crippen LogP contribution >= 0.6 is 0 Å². The maximum absolute atomic E-state index is 14.3. The number of Topliss-reactive ketones (excluding diaryl/α,β-unsaturated/α-hetero) is 1. The number of aromatic amines is 1. The van der Waals surface area contributed by atoms with Crippen molar-refractivity contribution in [3.8, 4) is 0 Å². The van der Waals surface area contributed by atoms with Crippen molar-refractivity contribution in [1.29, 1.82) is 0 Å². The molecule has 0 atom stereocenters. The maximum atomic E-state index is 14.3. The van der Waals surface area contributed by atoms with Crippen LogP contribution < -0.4 is 10.6 Å². The number of H-pyrrole nitrogens is 1. The van der Waals surface area contributed by atoms with E-state index in [1.807, 2.05) is 0 Å². The molecular weight excluding hydrogens is 425 g/mol. The van der Waals surface area contributed by atoms with E-state index in [0.717, 1.165) is 30.5 Å². The van der Waals surface area contributed by atoms with Crippen molar-refractivity contribution in [2.24, 2.45) is 0 Å². The highest BCUT2D eigenvalue weighted by Gasteiger charge is 2.48. The average Bonchev–Trinajstić information content (AvgIpc) is 3.14. The van der Waals surface area contributed by atoms with Crippen molar-refractivity contribution < 1.29 is 18.8 Å². The van der Waals surface area contributed by atoms with E-state index in [4.69, 9.17) is 0 Å². The molecule has 170 valence electrons. The second kappa shape index (κ2) is 7.68. The zero-order chi connectivity index (χ0) is 23.3. The first-order valence-electron chi connectivity index (χ1n) is 11.0. The molecule has 2 aromatic heterocycles. The Balaban J connectivity index is 1.43. The molecular formula is C24H24FN5O3. The third kappa shape index (κ3) is 3.53. The Kier molecular flexibility index (Phi) is 4.92. The van der Waals surface area contributed by atoms with Crippen molar-refractivity contribution >= 4 is 23.3 Å². The molecule has 1 aromatic carbocycles. The highest BCUT2D eigenvalue weighted by atomic mass is 19.1. The maximum Gasteiger partial charge on any atom is 0.293 e. The van der Waals surface area contributed by atoms with Gasteiger partial charge in [-0.1, -0.05) is 6.07 Å². The summed E-state index contributed by atoms with van der Waals surface area (Å²) in [5, 5.41) is 12.3. The lowest BCUT2D eigenvalue weighted by atomic mass is 10.0. The lowest BCUT2D eigenvalue weighted by Crippen LogP contribution is -2.40. The SMILES string of the molecule is Cc1ccc(NC(=O)c2c(C)c(C(=O)C(=O)NC3(c4ccn[nH]4)CC3)c3n2CCC3)c(F)c1. The number of ketones is 1. The number of benzene rings is 1. The number of halogens is 1. The molecule has 3 heterocycles. The normalized spacial score (nSPS) is 15.7. The molecule has 2 amide bonds. The first-order chi connectivity index (χ1) is 15.8. The molecule has 0 unspecified atom stereocenters. The molecule has 5 rings (SSSR count). The van der Waals surface area contributed by atoms with E-state index >= 15 is 0 Å². The Morgan fingerprint density at radius 2 is 1.97 bits per heavy atom. The number of hydrogen-bond acceptors (Lipinski definition) is 4. The highest BCUT2D eigenvalue weighted by molar-refractivity contribution is 6.44. The number of carbonyl (C=O) groups is 3. The predicted molar refractivity (Wildman–Crippen MR) is 119 cm³/mol. The Hall–Kier alpha value is -3.75. The number of rotatable bonds is 6. The van der Waals surface area contributed by atoms with Gasteiger partial charge in [-0.05, 0) is 68.9 Å². The molecule has 0 bridgehead atoms. The fourth-order valence-corrected chi connectivity index (χ4v) is 4.71. The van der Waals surface area contributed by atoms with E-state index in [0.29, 0.717) is 24.2 Å². The minimum Gasteiger partial charge on any atom is -0.340 e. The predicted octanol–water partition coefficient (Wildman–Crippen LogP) is 3.15. The lowest BCUT2D eigenvalue weighted by Gasteiger charge is -2.15. The Morgan fingerprint density at radius 3 is 2.64 bits per heavy atom. The third-order valence-electron chi connectivity index (χ3n) is 6.55. The van der Waals surface area contributed by atoms with E-state index < -0.39 is 29.0 Å². The van der Waals surface area contributed by atoms with Gasteiger partial charge in [0.2, 0.25) is 0 Å². The van der Waals surface area contributed by atoms with Crippen LogP contribution in [0.5, 0.6) is 0 Å². The molecule has 8 nitrogen and oxygen atoms in total. The van der Waals surface area contributed by atoms with Crippen molar-refractivity contribution in [3.63, 3.8) is 0 Å². The Bertz CT molecular complexity index is 1290.